The monoisotopic (exact) mass is 403 g/mol. The van der Waals surface area contributed by atoms with Gasteiger partial charge in [0.05, 0.1) is 12.0 Å². The summed E-state index contributed by atoms with van der Waals surface area (Å²) < 4.78 is 5.00. The van der Waals surface area contributed by atoms with E-state index < -0.39 is 30.4 Å². The van der Waals surface area contributed by atoms with Crippen LogP contribution in [0.15, 0.2) is 30.3 Å². The number of benzene rings is 1. The van der Waals surface area contributed by atoms with E-state index in [0.29, 0.717) is 12.5 Å². The highest BCUT2D eigenvalue weighted by Gasteiger charge is 2.38. The van der Waals surface area contributed by atoms with Crippen LogP contribution in [0.5, 0.6) is 0 Å². The molecule has 2 rings (SSSR count). The Bertz CT molecular complexity index is 735. The molecule has 29 heavy (non-hydrogen) atoms. The Morgan fingerprint density at radius 1 is 1.17 bits per heavy atom. The van der Waals surface area contributed by atoms with Crippen LogP contribution in [-0.2, 0) is 19.1 Å². The van der Waals surface area contributed by atoms with E-state index in [-0.39, 0.29) is 24.9 Å². The SMILES string of the molecule is CC(C)CCNC(=O)NC(=O)COC(=O)[C@H]1CC(=O)N([C@H](C)c2ccccc2)C1. The Kier molecular flexibility index (Phi) is 8.18. The van der Waals surface area contributed by atoms with Gasteiger partial charge in [0.1, 0.15) is 0 Å². The summed E-state index contributed by atoms with van der Waals surface area (Å²) in [4.78, 5) is 49.6. The fourth-order valence-electron chi connectivity index (χ4n) is 3.11. The molecular formula is C21H29N3O5. The molecule has 0 bridgehead atoms. The number of likely N-dealkylation sites (tertiary alicyclic amines) is 1. The van der Waals surface area contributed by atoms with Crippen molar-refractivity contribution in [2.24, 2.45) is 11.8 Å². The number of esters is 1. The lowest BCUT2D eigenvalue weighted by atomic mass is 10.1. The molecule has 1 aliphatic rings. The van der Waals surface area contributed by atoms with Crippen LogP contribution >= 0.6 is 0 Å². The minimum absolute atomic E-state index is 0.0489. The van der Waals surface area contributed by atoms with E-state index in [0.717, 1.165) is 12.0 Å². The Labute approximate surface area is 171 Å². The van der Waals surface area contributed by atoms with Crippen molar-refractivity contribution in [1.29, 1.82) is 0 Å². The van der Waals surface area contributed by atoms with Crippen LogP contribution in [0, 0.1) is 11.8 Å². The fourth-order valence-corrected chi connectivity index (χ4v) is 3.11. The molecule has 0 aliphatic carbocycles. The average Bonchev–Trinajstić information content (AvgIpc) is 3.07. The zero-order chi connectivity index (χ0) is 21.4. The number of nitrogens with one attached hydrogen (secondary N) is 2. The third kappa shape index (κ3) is 6.89. The first kappa shape index (κ1) is 22.4. The van der Waals surface area contributed by atoms with Gasteiger partial charge in [-0.05, 0) is 24.8 Å². The second kappa shape index (κ2) is 10.6. The van der Waals surface area contributed by atoms with Gasteiger partial charge in [0.2, 0.25) is 5.91 Å². The van der Waals surface area contributed by atoms with Gasteiger partial charge in [-0.2, -0.15) is 0 Å². The molecule has 0 spiro atoms. The molecule has 158 valence electrons. The molecule has 2 N–H and O–H groups in total. The number of hydrogen-bond donors (Lipinski definition) is 2. The van der Waals surface area contributed by atoms with Gasteiger partial charge < -0.3 is 15.0 Å². The molecule has 8 heteroatoms. The van der Waals surface area contributed by atoms with Crippen molar-refractivity contribution < 1.29 is 23.9 Å². The number of rotatable bonds is 8. The van der Waals surface area contributed by atoms with Crippen LogP contribution in [0.4, 0.5) is 4.79 Å². The molecule has 0 unspecified atom stereocenters. The number of urea groups is 1. The largest absolute Gasteiger partial charge is 0.455 e. The predicted octanol–water partition coefficient (Wildman–Crippen LogP) is 2.01. The summed E-state index contributed by atoms with van der Waals surface area (Å²) in [6, 6.07) is 8.79. The van der Waals surface area contributed by atoms with E-state index in [1.807, 2.05) is 51.1 Å². The Hall–Kier alpha value is -2.90. The average molecular weight is 403 g/mol. The number of amides is 4. The number of hydrogen-bond acceptors (Lipinski definition) is 5. The summed E-state index contributed by atoms with van der Waals surface area (Å²) in [6.07, 6.45) is 0.845. The summed E-state index contributed by atoms with van der Waals surface area (Å²) in [5, 5.41) is 4.68. The molecule has 4 amide bonds. The summed E-state index contributed by atoms with van der Waals surface area (Å²) in [5.74, 6) is -1.64. The fraction of sp³-hybridized carbons (Fsp3) is 0.524. The van der Waals surface area contributed by atoms with Crippen molar-refractivity contribution in [2.75, 3.05) is 19.7 Å². The van der Waals surface area contributed by atoms with Crippen LogP contribution < -0.4 is 10.6 Å². The van der Waals surface area contributed by atoms with Crippen LogP contribution in [-0.4, -0.2) is 48.4 Å². The predicted molar refractivity (Wildman–Crippen MR) is 107 cm³/mol. The molecule has 0 radical (unpaired) electrons. The van der Waals surface area contributed by atoms with Crippen molar-refractivity contribution in [3.63, 3.8) is 0 Å². The topological polar surface area (TPSA) is 105 Å². The van der Waals surface area contributed by atoms with E-state index in [9.17, 15) is 19.2 Å². The van der Waals surface area contributed by atoms with Crippen LogP contribution in [0.25, 0.3) is 0 Å². The van der Waals surface area contributed by atoms with Gasteiger partial charge >= 0.3 is 12.0 Å². The smallest absolute Gasteiger partial charge is 0.321 e. The van der Waals surface area contributed by atoms with E-state index >= 15 is 0 Å². The molecule has 1 fully saturated rings. The quantitative estimate of drug-likeness (QED) is 0.646. The van der Waals surface area contributed by atoms with Gasteiger partial charge in [-0.1, -0.05) is 44.2 Å². The zero-order valence-electron chi connectivity index (χ0n) is 17.1. The van der Waals surface area contributed by atoms with Gasteiger partial charge in [0.25, 0.3) is 5.91 Å². The summed E-state index contributed by atoms with van der Waals surface area (Å²) in [7, 11) is 0. The highest BCUT2D eigenvalue weighted by Crippen LogP contribution is 2.28. The highest BCUT2D eigenvalue weighted by atomic mass is 16.5. The molecule has 2 atom stereocenters. The molecule has 1 aromatic carbocycles. The van der Waals surface area contributed by atoms with Gasteiger partial charge in [-0.3, -0.25) is 19.7 Å². The van der Waals surface area contributed by atoms with E-state index in [4.69, 9.17) is 4.74 Å². The zero-order valence-corrected chi connectivity index (χ0v) is 17.1. The second-order valence-electron chi connectivity index (χ2n) is 7.63. The van der Waals surface area contributed by atoms with Crippen LogP contribution in [0.3, 0.4) is 0 Å². The molecule has 8 nitrogen and oxygen atoms in total. The van der Waals surface area contributed by atoms with Crippen LogP contribution in [0.2, 0.25) is 0 Å². The third-order valence-corrected chi connectivity index (χ3v) is 4.85. The van der Waals surface area contributed by atoms with Crippen LogP contribution in [0.1, 0.15) is 45.2 Å². The molecular weight excluding hydrogens is 374 g/mol. The molecule has 1 aromatic rings. The minimum atomic E-state index is -0.709. The standard InChI is InChI=1S/C21H29N3O5/c1-14(2)9-10-22-21(28)23-18(25)13-29-20(27)17-11-19(26)24(12-17)15(3)16-7-5-4-6-8-16/h4-8,14-15,17H,9-13H2,1-3H3,(H2,22,23,25,28)/t15-,17+/m1/s1. The number of ether oxygens (including phenoxy) is 1. The Balaban J connectivity index is 1.76. The van der Waals surface area contributed by atoms with Gasteiger partial charge in [-0.25, -0.2) is 4.79 Å². The first-order valence-corrected chi connectivity index (χ1v) is 9.86. The lowest BCUT2D eigenvalue weighted by Gasteiger charge is -2.25. The normalized spacial score (nSPS) is 17.2. The molecule has 0 aromatic heterocycles. The van der Waals surface area contributed by atoms with Gasteiger partial charge in [0, 0.05) is 19.5 Å². The van der Waals surface area contributed by atoms with Crippen molar-refractivity contribution in [3.8, 4) is 0 Å². The van der Waals surface area contributed by atoms with Gasteiger partial charge in [0.15, 0.2) is 6.61 Å². The van der Waals surface area contributed by atoms with Crippen molar-refractivity contribution in [2.45, 2.75) is 39.7 Å². The van der Waals surface area contributed by atoms with Gasteiger partial charge in [-0.15, -0.1) is 0 Å². The molecule has 1 heterocycles. The summed E-state index contributed by atoms with van der Waals surface area (Å²) in [5.41, 5.74) is 0.984. The lowest BCUT2D eigenvalue weighted by molar-refractivity contribution is -0.152. The molecule has 0 saturated carbocycles. The number of carbonyl (C=O) groups excluding carboxylic acids is 4. The summed E-state index contributed by atoms with van der Waals surface area (Å²) in [6.45, 7) is 6.10. The molecule has 1 aliphatic heterocycles. The van der Waals surface area contributed by atoms with Crippen molar-refractivity contribution >= 4 is 23.8 Å². The summed E-state index contributed by atoms with van der Waals surface area (Å²) >= 11 is 0. The second-order valence-corrected chi connectivity index (χ2v) is 7.63. The number of nitrogens with zero attached hydrogens (tertiary/aromatic N) is 1. The maximum Gasteiger partial charge on any atom is 0.321 e. The molecule has 1 saturated heterocycles. The van der Waals surface area contributed by atoms with E-state index in [1.165, 1.54) is 0 Å². The van der Waals surface area contributed by atoms with Crippen molar-refractivity contribution in [3.05, 3.63) is 35.9 Å². The first-order chi connectivity index (χ1) is 13.8. The lowest BCUT2D eigenvalue weighted by Crippen LogP contribution is -2.42. The van der Waals surface area contributed by atoms with E-state index in [1.54, 1.807) is 4.90 Å². The Morgan fingerprint density at radius 3 is 2.52 bits per heavy atom. The van der Waals surface area contributed by atoms with E-state index in [2.05, 4.69) is 10.6 Å². The first-order valence-electron chi connectivity index (χ1n) is 9.86. The van der Waals surface area contributed by atoms with Crippen molar-refractivity contribution in [1.82, 2.24) is 15.5 Å². The third-order valence-electron chi connectivity index (χ3n) is 4.85. The number of carbonyl (C=O) groups is 4. The highest BCUT2D eigenvalue weighted by molar-refractivity contribution is 5.96. The number of imide groups is 1. The minimum Gasteiger partial charge on any atom is -0.455 e. The maximum atomic E-state index is 12.3. The Morgan fingerprint density at radius 2 is 1.86 bits per heavy atom. The maximum absolute atomic E-state index is 12.3.